The molecule has 0 fully saturated rings. The Hall–Kier alpha value is -2.44. The van der Waals surface area contributed by atoms with Crippen LogP contribution in [0.25, 0.3) is 0 Å². The summed E-state index contributed by atoms with van der Waals surface area (Å²) in [7, 11) is 1.22. The number of methoxy groups -OCH3 is 1. The van der Waals surface area contributed by atoms with Gasteiger partial charge >= 0.3 is 5.97 Å². The molecule has 0 atom stereocenters. The van der Waals surface area contributed by atoms with E-state index < -0.39 is 16.8 Å². The molecule has 0 aromatic heterocycles. The van der Waals surface area contributed by atoms with Crippen molar-refractivity contribution in [3.63, 3.8) is 0 Å². The molecule has 1 aromatic carbocycles. The van der Waals surface area contributed by atoms with Crippen molar-refractivity contribution >= 4 is 17.6 Å². The average Bonchev–Trinajstić information content (AvgIpc) is 2.43. The van der Waals surface area contributed by atoms with Crippen LogP contribution in [0, 0.1) is 17.0 Å². The number of aryl methyl sites for hydroxylation is 1. The van der Waals surface area contributed by atoms with E-state index in [0.717, 1.165) is 5.56 Å². The molecule has 1 aromatic rings. The largest absolute Gasteiger partial charge is 0.468 e. The van der Waals surface area contributed by atoms with Crippen LogP contribution in [-0.2, 0) is 9.53 Å². The normalized spacial score (nSPS) is 9.95. The average molecular weight is 280 g/mol. The van der Waals surface area contributed by atoms with Gasteiger partial charge in [0.25, 0.3) is 11.6 Å². The Morgan fingerprint density at radius 2 is 2.05 bits per heavy atom. The maximum atomic E-state index is 12.3. The Balaban J connectivity index is 3.14. The lowest BCUT2D eigenvalue weighted by Gasteiger charge is -2.19. The third kappa shape index (κ3) is 3.53. The van der Waals surface area contributed by atoms with Gasteiger partial charge in [0.15, 0.2) is 0 Å². The number of benzene rings is 1. The minimum Gasteiger partial charge on any atom is -0.468 e. The summed E-state index contributed by atoms with van der Waals surface area (Å²) in [5, 5.41) is 11.0. The standard InChI is InChI=1S/C13H16N2O5/c1-4-14(8-12(16)20-3)13(17)10-7-9(2)5-6-11(10)15(18)19/h5-7H,4,8H2,1-3H3. The number of carbonyl (C=O) groups excluding carboxylic acids is 2. The van der Waals surface area contributed by atoms with Gasteiger partial charge in [0.1, 0.15) is 12.1 Å². The van der Waals surface area contributed by atoms with Crippen LogP contribution in [0.2, 0.25) is 0 Å². The van der Waals surface area contributed by atoms with Gasteiger partial charge in [-0.2, -0.15) is 0 Å². The number of hydrogen-bond donors (Lipinski definition) is 0. The number of nitro groups is 1. The minimum absolute atomic E-state index is 0.0271. The molecule has 0 spiro atoms. The molecule has 0 bridgehead atoms. The lowest BCUT2D eigenvalue weighted by molar-refractivity contribution is -0.385. The molecule has 0 heterocycles. The molecule has 0 aliphatic rings. The van der Waals surface area contributed by atoms with E-state index in [0.29, 0.717) is 0 Å². The number of rotatable bonds is 5. The summed E-state index contributed by atoms with van der Waals surface area (Å²) >= 11 is 0. The first-order valence-electron chi connectivity index (χ1n) is 6.01. The molecule has 20 heavy (non-hydrogen) atoms. The van der Waals surface area contributed by atoms with Gasteiger partial charge in [-0.1, -0.05) is 6.07 Å². The van der Waals surface area contributed by atoms with Crippen LogP contribution in [0.5, 0.6) is 0 Å². The third-order valence-corrected chi connectivity index (χ3v) is 2.80. The van der Waals surface area contributed by atoms with E-state index in [1.807, 2.05) is 0 Å². The quantitative estimate of drug-likeness (QED) is 0.463. The second kappa shape index (κ2) is 6.65. The van der Waals surface area contributed by atoms with Gasteiger partial charge in [-0.3, -0.25) is 19.7 Å². The number of likely N-dealkylation sites (N-methyl/N-ethyl adjacent to an activating group) is 1. The molecule has 0 aliphatic heterocycles. The van der Waals surface area contributed by atoms with E-state index in [9.17, 15) is 19.7 Å². The van der Waals surface area contributed by atoms with E-state index in [1.165, 1.54) is 24.1 Å². The van der Waals surface area contributed by atoms with Crippen LogP contribution in [-0.4, -0.2) is 41.9 Å². The zero-order chi connectivity index (χ0) is 15.3. The smallest absolute Gasteiger partial charge is 0.325 e. The molecule has 1 rings (SSSR count). The van der Waals surface area contributed by atoms with E-state index >= 15 is 0 Å². The van der Waals surface area contributed by atoms with Crippen molar-refractivity contribution in [3.05, 3.63) is 39.4 Å². The van der Waals surface area contributed by atoms with Crippen molar-refractivity contribution < 1.29 is 19.2 Å². The van der Waals surface area contributed by atoms with Crippen LogP contribution >= 0.6 is 0 Å². The first-order chi connectivity index (χ1) is 9.40. The van der Waals surface area contributed by atoms with Crippen molar-refractivity contribution in [2.45, 2.75) is 13.8 Å². The number of hydrogen-bond acceptors (Lipinski definition) is 5. The number of carbonyl (C=O) groups is 2. The maximum absolute atomic E-state index is 12.3. The fourth-order valence-corrected chi connectivity index (χ4v) is 1.70. The summed E-state index contributed by atoms with van der Waals surface area (Å²) in [5.74, 6) is -1.14. The third-order valence-electron chi connectivity index (χ3n) is 2.80. The molecule has 7 heteroatoms. The highest BCUT2D eigenvalue weighted by molar-refractivity contribution is 5.99. The number of nitro benzene ring substituents is 1. The zero-order valence-electron chi connectivity index (χ0n) is 11.6. The summed E-state index contributed by atoms with van der Waals surface area (Å²) < 4.78 is 4.50. The van der Waals surface area contributed by atoms with Crippen LogP contribution in [0.4, 0.5) is 5.69 Å². The summed E-state index contributed by atoms with van der Waals surface area (Å²) in [6, 6.07) is 4.29. The van der Waals surface area contributed by atoms with Crippen molar-refractivity contribution in [2.75, 3.05) is 20.2 Å². The van der Waals surface area contributed by atoms with Crippen molar-refractivity contribution in [3.8, 4) is 0 Å². The highest BCUT2D eigenvalue weighted by Gasteiger charge is 2.25. The van der Waals surface area contributed by atoms with Gasteiger partial charge in [0, 0.05) is 12.6 Å². The molecule has 0 saturated carbocycles. The summed E-state index contributed by atoms with van der Waals surface area (Å²) in [5.41, 5.74) is 0.428. The maximum Gasteiger partial charge on any atom is 0.325 e. The molecule has 0 aliphatic carbocycles. The van der Waals surface area contributed by atoms with Gasteiger partial charge in [0.05, 0.1) is 12.0 Å². The van der Waals surface area contributed by atoms with Crippen LogP contribution in [0.15, 0.2) is 18.2 Å². The molecule has 0 radical (unpaired) electrons. The number of nitrogens with zero attached hydrogens (tertiary/aromatic N) is 2. The highest BCUT2D eigenvalue weighted by Crippen LogP contribution is 2.21. The molecule has 0 saturated heterocycles. The van der Waals surface area contributed by atoms with Gasteiger partial charge in [0.2, 0.25) is 0 Å². The Morgan fingerprint density at radius 3 is 2.55 bits per heavy atom. The molecule has 0 unspecified atom stereocenters. The molecule has 0 N–H and O–H groups in total. The molecule has 108 valence electrons. The van der Waals surface area contributed by atoms with Gasteiger partial charge in [-0.15, -0.1) is 0 Å². The zero-order valence-corrected chi connectivity index (χ0v) is 11.6. The second-order valence-corrected chi connectivity index (χ2v) is 4.17. The van der Waals surface area contributed by atoms with Crippen molar-refractivity contribution in [2.24, 2.45) is 0 Å². The van der Waals surface area contributed by atoms with E-state index in [-0.39, 0.29) is 24.3 Å². The van der Waals surface area contributed by atoms with Gasteiger partial charge in [-0.05, 0) is 25.5 Å². The van der Waals surface area contributed by atoms with Crippen molar-refractivity contribution in [1.82, 2.24) is 4.90 Å². The molecule has 7 nitrogen and oxygen atoms in total. The van der Waals surface area contributed by atoms with Crippen LogP contribution in [0.1, 0.15) is 22.8 Å². The Morgan fingerprint density at radius 1 is 1.40 bits per heavy atom. The number of esters is 1. The summed E-state index contributed by atoms with van der Waals surface area (Å²) in [6.07, 6.45) is 0. The number of amides is 1. The Bertz CT molecular complexity index is 542. The minimum atomic E-state index is -0.612. The summed E-state index contributed by atoms with van der Waals surface area (Å²) in [4.78, 5) is 35.1. The lowest BCUT2D eigenvalue weighted by atomic mass is 10.1. The Labute approximate surface area is 116 Å². The lowest BCUT2D eigenvalue weighted by Crippen LogP contribution is -2.36. The van der Waals surface area contributed by atoms with Gasteiger partial charge < -0.3 is 9.64 Å². The van der Waals surface area contributed by atoms with Crippen molar-refractivity contribution in [1.29, 1.82) is 0 Å². The fourth-order valence-electron chi connectivity index (χ4n) is 1.70. The predicted octanol–water partition coefficient (Wildman–Crippen LogP) is 1.54. The monoisotopic (exact) mass is 280 g/mol. The fraction of sp³-hybridized carbons (Fsp3) is 0.385. The molecule has 1 amide bonds. The van der Waals surface area contributed by atoms with E-state index in [4.69, 9.17) is 0 Å². The second-order valence-electron chi connectivity index (χ2n) is 4.17. The van der Waals surface area contributed by atoms with Gasteiger partial charge in [-0.25, -0.2) is 0 Å². The Kier molecular flexibility index (Phi) is 5.19. The first kappa shape index (κ1) is 15.6. The van der Waals surface area contributed by atoms with Crippen LogP contribution in [0.3, 0.4) is 0 Å². The molecular weight excluding hydrogens is 264 g/mol. The SMILES string of the molecule is CCN(CC(=O)OC)C(=O)c1cc(C)ccc1[N+](=O)[O-]. The van der Waals surface area contributed by atoms with E-state index in [2.05, 4.69) is 4.74 Å². The van der Waals surface area contributed by atoms with E-state index in [1.54, 1.807) is 19.9 Å². The summed E-state index contributed by atoms with van der Waals surface area (Å²) in [6.45, 7) is 3.43. The first-order valence-corrected chi connectivity index (χ1v) is 6.01. The predicted molar refractivity (Wildman–Crippen MR) is 71.4 cm³/mol. The highest BCUT2D eigenvalue weighted by atomic mass is 16.6. The number of ether oxygens (including phenoxy) is 1. The van der Waals surface area contributed by atoms with Crippen LogP contribution < -0.4 is 0 Å². The molecular formula is C13H16N2O5. The topological polar surface area (TPSA) is 89.8 Å².